The molecule has 3 aromatic rings. The number of hydrogen-bond donors (Lipinski definition) is 0. The number of hydrogen-bond acceptors (Lipinski definition) is 3. The molecule has 4 nitrogen and oxygen atoms in total. The summed E-state index contributed by atoms with van der Waals surface area (Å²) in [6, 6.07) is 10.8. The van der Waals surface area contributed by atoms with Crippen molar-refractivity contribution in [3.8, 4) is 11.3 Å². The molecule has 1 aromatic carbocycles. The van der Waals surface area contributed by atoms with E-state index in [0.717, 1.165) is 57.7 Å². The van der Waals surface area contributed by atoms with Crippen molar-refractivity contribution in [1.29, 1.82) is 0 Å². The van der Waals surface area contributed by atoms with Crippen molar-refractivity contribution in [3.63, 3.8) is 0 Å². The van der Waals surface area contributed by atoms with E-state index < -0.39 is 0 Å². The lowest BCUT2D eigenvalue weighted by Gasteiger charge is -2.31. The molecule has 1 aliphatic rings. The van der Waals surface area contributed by atoms with E-state index in [1.54, 1.807) is 0 Å². The summed E-state index contributed by atoms with van der Waals surface area (Å²) in [5.74, 6) is 0.863. The lowest BCUT2D eigenvalue weighted by Crippen LogP contribution is -2.31. The molecule has 178 valence electrons. The van der Waals surface area contributed by atoms with Crippen molar-refractivity contribution in [1.82, 2.24) is 19.5 Å². The Morgan fingerprint density at radius 2 is 2.00 bits per heavy atom. The van der Waals surface area contributed by atoms with Crippen molar-refractivity contribution in [2.75, 3.05) is 13.6 Å². The van der Waals surface area contributed by atoms with Crippen molar-refractivity contribution in [2.24, 2.45) is 11.3 Å². The molecule has 0 bridgehead atoms. The van der Waals surface area contributed by atoms with Gasteiger partial charge in [0.05, 0.1) is 16.4 Å². The Morgan fingerprint density at radius 1 is 1.21 bits per heavy atom. The van der Waals surface area contributed by atoms with E-state index in [4.69, 9.17) is 16.6 Å². The molecule has 0 radical (unpaired) electrons. The molecule has 1 fully saturated rings. The third-order valence-corrected chi connectivity index (χ3v) is 8.78. The zero-order chi connectivity index (χ0) is 23.6. The monoisotopic (exact) mass is 530 g/mol. The first-order valence-corrected chi connectivity index (χ1v) is 13.5. The third-order valence-electron chi connectivity index (χ3n) is 7.89. The van der Waals surface area contributed by atoms with Gasteiger partial charge in [0.1, 0.15) is 0 Å². The lowest BCUT2D eigenvalue weighted by molar-refractivity contribution is 0.181. The maximum atomic E-state index is 6.47. The molecule has 1 saturated carbocycles. The fraction of sp³-hybridized carbons (Fsp3) is 0.556. The molecule has 0 aliphatic heterocycles. The van der Waals surface area contributed by atoms with Gasteiger partial charge in [-0.3, -0.25) is 0 Å². The van der Waals surface area contributed by atoms with Gasteiger partial charge in [0.25, 0.3) is 0 Å². The molecule has 4 rings (SSSR count). The van der Waals surface area contributed by atoms with Gasteiger partial charge >= 0.3 is 0 Å². The highest BCUT2D eigenvalue weighted by Crippen LogP contribution is 2.43. The van der Waals surface area contributed by atoms with Crippen LogP contribution < -0.4 is 0 Å². The minimum atomic E-state index is 0.472. The van der Waals surface area contributed by atoms with Crippen molar-refractivity contribution >= 4 is 33.2 Å². The number of fused-ring (bicyclic) bond motifs is 1. The Labute approximate surface area is 211 Å². The largest absolute Gasteiger partial charge is 0.303 e. The zero-order valence-electron chi connectivity index (χ0n) is 20.3. The van der Waals surface area contributed by atoms with Gasteiger partial charge in [-0.1, -0.05) is 57.0 Å². The van der Waals surface area contributed by atoms with Crippen LogP contribution in [0.25, 0.3) is 16.9 Å². The van der Waals surface area contributed by atoms with Crippen LogP contribution in [0, 0.1) is 11.3 Å². The van der Waals surface area contributed by atoms with Crippen LogP contribution in [0.2, 0.25) is 5.02 Å². The van der Waals surface area contributed by atoms with E-state index in [0.29, 0.717) is 5.41 Å². The topological polar surface area (TPSA) is 33.4 Å². The summed E-state index contributed by atoms with van der Waals surface area (Å²) < 4.78 is 2.87. The molecule has 1 aliphatic carbocycles. The highest BCUT2D eigenvalue weighted by molar-refractivity contribution is 9.10. The highest BCUT2D eigenvalue weighted by atomic mass is 79.9. The molecule has 2 heterocycles. The molecule has 33 heavy (non-hydrogen) atoms. The van der Waals surface area contributed by atoms with Gasteiger partial charge in [-0.25, -0.2) is 9.50 Å². The summed E-state index contributed by atoms with van der Waals surface area (Å²) in [6.07, 6.45) is 10.4. The van der Waals surface area contributed by atoms with Crippen molar-refractivity contribution in [2.45, 2.75) is 71.8 Å². The number of aryl methyl sites for hydroxylation is 1. The second-order valence-corrected chi connectivity index (χ2v) is 11.5. The first-order valence-electron chi connectivity index (χ1n) is 12.3. The zero-order valence-corrected chi connectivity index (χ0v) is 22.7. The predicted octanol–water partition coefficient (Wildman–Crippen LogP) is 7.67. The van der Waals surface area contributed by atoms with Crippen molar-refractivity contribution in [3.05, 3.63) is 51.7 Å². The van der Waals surface area contributed by atoms with E-state index in [-0.39, 0.29) is 0 Å². The molecule has 6 heteroatoms. The Bertz CT molecular complexity index is 1090. The average molecular weight is 532 g/mol. The smallest absolute Gasteiger partial charge is 0.170 e. The number of rotatable bonds is 9. The maximum absolute atomic E-state index is 6.47. The quantitative estimate of drug-likeness (QED) is 0.266. The number of nitrogens with zero attached hydrogens (tertiary/aromatic N) is 4. The van der Waals surface area contributed by atoms with E-state index in [1.807, 2.05) is 35.0 Å². The van der Waals surface area contributed by atoms with Crippen LogP contribution in [0.3, 0.4) is 0 Å². The van der Waals surface area contributed by atoms with E-state index in [2.05, 4.69) is 59.8 Å². The molecule has 2 unspecified atom stereocenters. The third kappa shape index (κ3) is 5.47. The minimum absolute atomic E-state index is 0.472. The second-order valence-electron chi connectivity index (χ2n) is 10.3. The number of benzene rings is 1. The van der Waals surface area contributed by atoms with Crippen LogP contribution in [0.5, 0.6) is 0 Å². The molecule has 0 amide bonds. The molecule has 2 aromatic heterocycles. The van der Waals surface area contributed by atoms with Crippen LogP contribution >= 0.6 is 27.5 Å². The van der Waals surface area contributed by atoms with Crippen LogP contribution in [-0.4, -0.2) is 39.1 Å². The van der Waals surface area contributed by atoms with Crippen LogP contribution in [0.4, 0.5) is 0 Å². The van der Waals surface area contributed by atoms with Gasteiger partial charge in [0.2, 0.25) is 0 Å². The van der Waals surface area contributed by atoms with Gasteiger partial charge in [-0.15, -0.1) is 0 Å². The fourth-order valence-electron chi connectivity index (χ4n) is 5.19. The van der Waals surface area contributed by atoms with Gasteiger partial charge in [0, 0.05) is 22.3 Å². The predicted molar refractivity (Wildman–Crippen MR) is 142 cm³/mol. The molecule has 0 saturated heterocycles. The van der Waals surface area contributed by atoms with Gasteiger partial charge in [-0.05, 0) is 91.5 Å². The van der Waals surface area contributed by atoms with Crippen LogP contribution in [-0.2, 0) is 6.42 Å². The van der Waals surface area contributed by atoms with Crippen LogP contribution in [0.15, 0.2) is 41.0 Å². The summed E-state index contributed by atoms with van der Waals surface area (Å²) in [4.78, 5) is 7.43. The SMILES string of the molecule is CCC(C)(C)C1CCC(N(C)CCCCc2cc(-c3ccccc3Cl)nc3c(Br)cnn23)C1. The Kier molecular flexibility index (Phi) is 7.82. The lowest BCUT2D eigenvalue weighted by atomic mass is 9.76. The number of halogens is 2. The summed E-state index contributed by atoms with van der Waals surface area (Å²) in [7, 11) is 2.32. The standard InChI is InChI=1S/C27H36BrClN4/c1-5-27(2,3)19-13-14-20(16-19)32(4)15-9-8-10-21-17-25(22-11-6-7-12-24(22)29)31-26-23(28)18-30-33(21)26/h6-7,11-12,17-20H,5,8-10,13-16H2,1-4H3. The van der Waals surface area contributed by atoms with E-state index in [9.17, 15) is 0 Å². The number of aromatic nitrogens is 3. The summed E-state index contributed by atoms with van der Waals surface area (Å²) >= 11 is 10.1. The summed E-state index contributed by atoms with van der Waals surface area (Å²) in [5, 5.41) is 5.28. The first kappa shape index (κ1) is 24.7. The molecular formula is C27H36BrClN4. The Morgan fingerprint density at radius 3 is 2.76 bits per heavy atom. The number of unbranched alkanes of at least 4 members (excludes halogenated alkanes) is 1. The summed E-state index contributed by atoms with van der Waals surface area (Å²) in [6.45, 7) is 8.38. The normalized spacial score (nSPS) is 19.1. The Hall–Kier alpha value is -1.43. The van der Waals surface area contributed by atoms with E-state index in [1.165, 1.54) is 37.8 Å². The van der Waals surface area contributed by atoms with Crippen molar-refractivity contribution < 1.29 is 0 Å². The molecule has 0 N–H and O–H groups in total. The second kappa shape index (κ2) is 10.5. The molecular weight excluding hydrogens is 496 g/mol. The highest BCUT2D eigenvalue weighted by Gasteiger charge is 2.36. The van der Waals surface area contributed by atoms with E-state index >= 15 is 0 Å². The summed E-state index contributed by atoms with van der Waals surface area (Å²) in [5.41, 5.74) is 4.35. The fourth-order valence-corrected chi connectivity index (χ4v) is 5.77. The van der Waals surface area contributed by atoms with Gasteiger partial charge in [-0.2, -0.15) is 5.10 Å². The molecule has 2 atom stereocenters. The van der Waals surface area contributed by atoms with Gasteiger partial charge in [0.15, 0.2) is 5.65 Å². The average Bonchev–Trinajstić information content (AvgIpc) is 3.45. The minimum Gasteiger partial charge on any atom is -0.303 e. The first-order chi connectivity index (χ1) is 15.8. The molecule has 0 spiro atoms. The van der Waals surface area contributed by atoms with Gasteiger partial charge < -0.3 is 4.90 Å². The Balaban J connectivity index is 1.39. The maximum Gasteiger partial charge on any atom is 0.170 e. The van der Waals surface area contributed by atoms with Crippen LogP contribution in [0.1, 0.15) is 65.0 Å².